The second-order valence-corrected chi connectivity index (χ2v) is 4.01. The molecule has 68 valence electrons. The number of nitrogens with two attached hydrogens (primary N) is 1. The Morgan fingerprint density at radius 1 is 1.67 bits per heavy atom. The highest BCUT2D eigenvalue weighted by Gasteiger charge is 2.54. The second kappa shape index (κ2) is 2.44. The van der Waals surface area contributed by atoms with E-state index in [9.17, 15) is 9.90 Å². The van der Waals surface area contributed by atoms with Crippen molar-refractivity contribution in [2.45, 2.75) is 18.9 Å². The molecule has 1 saturated carbocycles. The Kier molecular flexibility index (Phi) is 1.63. The van der Waals surface area contributed by atoms with Crippen LogP contribution >= 0.6 is 0 Å². The lowest BCUT2D eigenvalue weighted by Gasteiger charge is -2.11. The summed E-state index contributed by atoms with van der Waals surface area (Å²) in [5, 5.41) is 9.61. The van der Waals surface area contributed by atoms with Crippen molar-refractivity contribution < 1.29 is 9.90 Å². The van der Waals surface area contributed by atoms with E-state index in [2.05, 4.69) is 0 Å². The maximum atomic E-state index is 10.6. The quantitative estimate of drug-likeness (QED) is 0.554. The predicted molar refractivity (Wildman–Crippen MR) is 43.3 cm³/mol. The summed E-state index contributed by atoms with van der Waals surface area (Å²) < 4.78 is 0. The van der Waals surface area contributed by atoms with E-state index < -0.39 is 0 Å². The molecule has 4 heteroatoms. The first-order chi connectivity index (χ1) is 5.62. The van der Waals surface area contributed by atoms with E-state index in [0.717, 1.165) is 19.4 Å². The number of carbonyl (C=O) groups excluding carboxylic acids is 1. The van der Waals surface area contributed by atoms with Gasteiger partial charge < -0.3 is 10.8 Å². The molecule has 1 unspecified atom stereocenters. The van der Waals surface area contributed by atoms with Crippen LogP contribution in [0, 0.1) is 5.41 Å². The van der Waals surface area contributed by atoms with E-state index in [1.165, 1.54) is 0 Å². The summed E-state index contributed by atoms with van der Waals surface area (Å²) in [5.41, 5.74) is 5.20. The molecule has 0 bridgehead atoms. The van der Waals surface area contributed by atoms with Crippen molar-refractivity contribution in [2.75, 3.05) is 19.6 Å². The minimum absolute atomic E-state index is 0.134. The summed E-state index contributed by atoms with van der Waals surface area (Å²) in [6, 6.07) is 0. The summed E-state index contributed by atoms with van der Waals surface area (Å²) in [4.78, 5) is 12.5. The largest absolute Gasteiger partial charge is 0.391 e. The van der Waals surface area contributed by atoms with Crippen molar-refractivity contribution >= 4 is 5.91 Å². The fraction of sp³-hybridized carbons (Fsp3) is 0.875. The smallest absolute Gasteiger partial charge is 0.231 e. The van der Waals surface area contributed by atoms with Gasteiger partial charge in [-0.25, -0.2) is 0 Å². The van der Waals surface area contributed by atoms with Gasteiger partial charge in [-0.15, -0.1) is 0 Å². The van der Waals surface area contributed by atoms with Gasteiger partial charge >= 0.3 is 0 Å². The Labute approximate surface area is 71.3 Å². The first-order valence-electron chi connectivity index (χ1n) is 4.31. The highest BCUT2D eigenvalue weighted by Crippen LogP contribution is 2.52. The zero-order valence-electron chi connectivity index (χ0n) is 6.99. The lowest BCUT2D eigenvalue weighted by Crippen LogP contribution is -2.32. The monoisotopic (exact) mass is 170 g/mol. The van der Waals surface area contributed by atoms with Gasteiger partial charge in [0, 0.05) is 18.5 Å². The number of β-amino-alcohol motifs (C(OH)–C–C–N with tert-alkyl or cyclic N) is 1. The molecule has 1 atom stereocenters. The molecule has 1 spiro atoms. The van der Waals surface area contributed by atoms with Crippen molar-refractivity contribution in [2.24, 2.45) is 11.1 Å². The molecule has 2 fully saturated rings. The van der Waals surface area contributed by atoms with Crippen molar-refractivity contribution in [3.63, 3.8) is 0 Å². The summed E-state index contributed by atoms with van der Waals surface area (Å²) in [6.45, 7) is 1.75. The normalized spacial score (nSPS) is 32.6. The Hall–Kier alpha value is -0.610. The molecule has 2 rings (SSSR count). The third-order valence-corrected chi connectivity index (χ3v) is 2.95. The van der Waals surface area contributed by atoms with Crippen LogP contribution in [0.2, 0.25) is 0 Å². The van der Waals surface area contributed by atoms with Gasteiger partial charge in [0.05, 0.1) is 12.6 Å². The lowest BCUT2D eigenvalue weighted by molar-refractivity contribution is -0.119. The molecular formula is C8H14N2O2. The lowest BCUT2D eigenvalue weighted by atomic mass is 10.0. The maximum absolute atomic E-state index is 10.6. The summed E-state index contributed by atoms with van der Waals surface area (Å²) in [5.74, 6) is -0.306. The van der Waals surface area contributed by atoms with Crippen LogP contribution < -0.4 is 5.73 Å². The van der Waals surface area contributed by atoms with Crippen LogP contribution in [0.3, 0.4) is 0 Å². The minimum Gasteiger partial charge on any atom is -0.391 e. The molecule has 0 radical (unpaired) electrons. The van der Waals surface area contributed by atoms with Crippen LogP contribution in [-0.4, -0.2) is 41.7 Å². The zero-order valence-corrected chi connectivity index (χ0v) is 6.99. The SMILES string of the molecule is NC(=O)CN1CC(O)C2(CC2)C1. The van der Waals surface area contributed by atoms with Crippen molar-refractivity contribution in [3.8, 4) is 0 Å². The molecule has 3 N–H and O–H groups in total. The van der Waals surface area contributed by atoms with Gasteiger partial charge in [0.15, 0.2) is 0 Å². The Morgan fingerprint density at radius 3 is 2.75 bits per heavy atom. The molecule has 1 heterocycles. The van der Waals surface area contributed by atoms with E-state index in [1.54, 1.807) is 0 Å². The van der Waals surface area contributed by atoms with Crippen molar-refractivity contribution in [3.05, 3.63) is 0 Å². The van der Waals surface area contributed by atoms with Gasteiger partial charge in [-0.05, 0) is 12.8 Å². The number of primary amides is 1. The van der Waals surface area contributed by atoms with Crippen molar-refractivity contribution in [1.82, 2.24) is 4.90 Å². The molecule has 0 aromatic carbocycles. The number of aliphatic hydroxyl groups is 1. The number of amides is 1. The predicted octanol–water partition coefficient (Wildman–Crippen LogP) is -1.07. The van der Waals surface area contributed by atoms with E-state index in [-0.39, 0.29) is 17.4 Å². The van der Waals surface area contributed by atoms with Crippen LogP contribution in [0.15, 0.2) is 0 Å². The number of likely N-dealkylation sites (tertiary alicyclic amines) is 1. The summed E-state index contributed by atoms with van der Waals surface area (Å²) >= 11 is 0. The standard InChI is InChI=1S/C8H14N2O2/c9-7(12)4-10-3-6(11)8(5-10)1-2-8/h6,11H,1-5H2,(H2,9,12). The molecule has 1 saturated heterocycles. The van der Waals surface area contributed by atoms with Gasteiger partial charge in [-0.2, -0.15) is 0 Å². The molecule has 1 amide bonds. The van der Waals surface area contributed by atoms with Crippen LogP contribution in [0.5, 0.6) is 0 Å². The van der Waals surface area contributed by atoms with E-state index >= 15 is 0 Å². The number of hydrogen-bond donors (Lipinski definition) is 2. The van der Waals surface area contributed by atoms with Gasteiger partial charge in [-0.1, -0.05) is 0 Å². The average Bonchev–Trinajstić information content (AvgIpc) is 2.60. The molecule has 1 aliphatic heterocycles. The van der Waals surface area contributed by atoms with Crippen LogP contribution in [0.1, 0.15) is 12.8 Å². The molecule has 0 aromatic rings. The fourth-order valence-electron chi connectivity index (χ4n) is 2.05. The van der Waals surface area contributed by atoms with E-state index in [0.29, 0.717) is 13.1 Å². The first kappa shape index (κ1) is 8.01. The van der Waals surface area contributed by atoms with Gasteiger partial charge in [0.25, 0.3) is 0 Å². The first-order valence-corrected chi connectivity index (χ1v) is 4.31. The van der Waals surface area contributed by atoms with Crippen molar-refractivity contribution in [1.29, 1.82) is 0 Å². The molecule has 0 aromatic heterocycles. The molecule has 2 aliphatic rings. The van der Waals surface area contributed by atoms with Crippen LogP contribution in [0.4, 0.5) is 0 Å². The number of hydrogen-bond acceptors (Lipinski definition) is 3. The molecule has 1 aliphatic carbocycles. The molecular weight excluding hydrogens is 156 g/mol. The van der Waals surface area contributed by atoms with Crippen LogP contribution in [0.25, 0.3) is 0 Å². The number of carbonyl (C=O) groups is 1. The topological polar surface area (TPSA) is 66.6 Å². The molecule has 4 nitrogen and oxygen atoms in total. The Morgan fingerprint density at radius 2 is 2.33 bits per heavy atom. The van der Waals surface area contributed by atoms with Gasteiger partial charge in [0.2, 0.25) is 5.91 Å². The Balaban J connectivity index is 1.93. The summed E-state index contributed by atoms with van der Waals surface area (Å²) in [6.07, 6.45) is 1.96. The third-order valence-electron chi connectivity index (χ3n) is 2.95. The molecule has 12 heavy (non-hydrogen) atoms. The van der Waals surface area contributed by atoms with Crippen LogP contribution in [-0.2, 0) is 4.79 Å². The number of aliphatic hydroxyl groups excluding tert-OH is 1. The van der Waals surface area contributed by atoms with E-state index in [1.807, 2.05) is 4.90 Å². The summed E-state index contributed by atoms with van der Waals surface area (Å²) in [7, 11) is 0. The van der Waals surface area contributed by atoms with Gasteiger partial charge in [0.1, 0.15) is 0 Å². The van der Waals surface area contributed by atoms with Gasteiger partial charge in [-0.3, -0.25) is 9.69 Å². The minimum atomic E-state index is -0.306. The third kappa shape index (κ3) is 1.21. The second-order valence-electron chi connectivity index (χ2n) is 4.01. The zero-order chi connectivity index (χ0) is 8.77. The van der Waals surface area contributed by atoms with E-state index in [4.69, 9.17) is 5.73 Å². The number of nitrogens with zero attached hydrogens (tertiary/aromatic N) is 1. The maximum Gasteiger partial charge on any atom is 0.231 e. The fourth-order valence-corrected chi connectivity index (χ4v) is 2.05. The average molecular weight is 170 g/mol. The Bertz CT molecular complexity index is 213. The highest BCUT2D eigenvalue weighted by molar-refractivity contribution is 5.76. The highest BCUT2D eigenvalue weighted by atomic mass is 16.3. The number of rotatable bonds is 2.